The monoisotopic (exact) mass is 353 g/mol. The van der Waals surface area contributed by atoms with Crippen LogP contribution in [0.5, 0.6) is 0 Å². The molecule has 2 N–H and O–H groups in total. The summed E-state index contributed by atoms with van der Waals surface area (Å²) >= 11 is 0. The number of nitrogens with two attached hydrogens (primary N) is 1. The van der Waals surface area contributed by atoms with Crippen LogP contribution in [0.25, 0.3) is 5.65 Å². The van der Waals surface area contributed by atoms with E-state index in [9.17, 15) is 0 Å². The van der Waals surface area contributed by atoms with E-state index < -0.39 is 0 Å². The molecule has 1 saturated heterocycles. The summed E-state index contributed by atoms with van der Waals surface area (Å²) in [5, 5.41) is 8.88. The molecule has 0 radical (unpaired) electrons. The van der Waals surface area contributed by atoms with Crippen LogP contribution in [-0.4, -0.2) is 42.4 Å². The Morgan fingerprint density at radius 3 is 2.88 bits per heavy atom. The third-order valence-electron chi connectivity index (χ3n) is 5.42. The third kappa shape index (κ3) is 3.07. The lowest BCUT2D eigenvalue weighted by Gasteiger charge is -2.32. The van der Waals surface area contributed by atoms with Crippen LogP contribution in [0.15, 0.2) is 18.3 Å². The molecule has 4 rings (SSSR count). The predicted molar refractivity (Wildman–Crippen MR) is 102 cm³/mol. The lowest BCUT2D eigenvalue weighted by molar-refractivity contribution is 0.198. The van der Waals surface area contributed by atoms with Crippen molar-refractivity contribution in [2.24, 2.45) is 0 Å². The van der Waals surface area contributed by atoms with Crippen molar-refractivity contribution in [3.8, 4) is 0 Å². The number of aromatic nitrogens is 5. The molecule has 7 nitrogen and oxygen atoms in total. The largest absolute Gasteiger partial charge is 0.384 e. The summed E-state index contributed by atoms with van der Waals surface area (Å²) in [6.45, 7) is 10.3. The number of hydrogen-bond donors (Lipinski definition) is 1. The third-order valence-corrected chi connectivity index (χ3v) is 5.42. The van der Waals surface area contributed by atoms with Crippen molar-refractivity contribution in [3.05, 3.63) is 41.0 Å². The van der Waals surface area contributed by atoms with Gasteiger partial charge in [-0.25, -0.2) is 4.98 Å². The molecular formula is C19H27N7. The minimum atomic E-state index is 0.410. The second kappa shape index (κ2) is 6.72. The first-order valence-corrected chi connectivity index (χ1v) is 9.41. The number of fused-ring (bicyclic) bond motifs is 1. The lowest BCUT2D eigenvalue weighted by Crippen LogP contribution is -2.34. The minimum absolute atomic E-state index is 0.410. The Morgan fingerprint density at radius 1 is 1.27 bits per heavy atom. The quantitative estimate of drug-likeness (QED) is 0.780. The van der Waals surface area contributed by atoms with Gasteiger partial charge in [0.25, 0.3) is 0 Å². The molecule has 0 aromatic carbocycles. The van der Waals surface area contributed by atoms with Gasteiger partial charge < -0.3 is 5.73 Å². The van der Waals surface area contributed by atoms with Crippen LogP contribution >= 0.6 is 0 Å². The minimum Gasteiger partial charge on any atom is -0.384 e. The highest BCUT2D eigenvalue weighted by molar-refractivity contribution is 5.48. The van der Waals surface area contributed by atoms with Gasteiger partial charge in [-0.05, 0) is 40.2 Å². The second-order valence-corrected chi connectivity index (χ2v) is 7.31. The van der Waals surface area contributed by atoms with Crippen LogP contribution in [0.2, 0.25) is 0 Å². The SMILES string of the molecule is CCn1ncc(CN2CCC[C@@H](c3cc(N)n4nc(C)cc4n3)C2)c1C. The number of aryl methyl sites for hydroxylation is 2. The van der Waals surface area contributed by atoms with Crippen LogP contribution in [0, 0.1) is 13.8 Å². The normalized spacial score (nSPS) is 18.7. The summed E-state index contributed by atoms with van der Waals surface area (Å²) in [4.78, 5) is 7.35. The summed E-state index contributed by atoms with van der Waals surface area (Å²) in [5.41, 5.74) is 11.7. The van der Waals surface area contributed by atoms with E-state index in [1.165, 1.54) is 17.7 Å². The first-order chi connectivity index (χ1) is 12.5. The highest BCUT2D eigenvalue weighted by Crippen LogP contribution is 2.28. The molecule has 3 aromatic heterocycles. The fourth-order valence-electron chi connectivity index (χ4n) is 3.98. The number of nitrogens with zero attached hydrogens (tertiary/aromatic N) is 6. The number of rotatable bonds is 4. The molecule has 1 atom stereocenters. The van der Waals surface area contributed by atoms with Crippen LogP contribution in [0.1, 0.15) is 48.3 Å². The van der Waals surface area contributed by atoms with E-state index in [0.717, 1.165) is 49.6 Å². The molecule has 0 unspecified atom stereocenters. The van der Waals surface area contributed by atoms with E-state index in [-0.39, 0.29) is 0 Å². The van der Waals surface area contributed by atoms with Crippen molar-refractivity contribution in [1.29, 1.82) is 0 Å². The van der Waals surface area contributed by atoms with E-state index in [1.807, 2.05) is 25.3 Å². The highest BCUT2D eigenvalue weighted by atomic mass is 15.3. The lowest BCUT2D eigenvalue weighted by atomic mass is 9.94. The van der Waals surface area contributed by atoms with Crippen LogP contribution in [0.4, 0.5) is 5.82 Å². The van der Waals surface area contributed by atoms with Gasteiger partial charge in [-0.3, -0.25) is 9.58 Å². The van der Waals surface area contributed by atoms with Crippen molar-refractivity contribution in [3.63, 3.8) is 0 Å². The molecule has 4 heterocycles. The van der Waals surface area contributed by atoms with Crippen molar-refractivity contribution in [2.45, 2.75) is 52.6 Å². The van der Waals surface area contributed by atoms with E-state index in [0.29, 0.717) is 11.7 Å². The van der Waals surface area contributed by atoms with E-state index >= 15 is 0 Å². The fraction of sp³-hybridized carbons (Fsp3) is 0.526. The zero-order valence-corrected chi connectivity index (χ0v) is 15.8. The van der Waals surface area contributed by atoms with Crippen LogP contribution < -0.4 is 5.73 Å². The maximum atomic E-state index is 6.21. The van der Waals surface area contributed by atoms with Crippen molar-refractivity contribution in [2.75, 3.05) is 18.8 Å². The highest BCUT2D eigenvalue weighted by Gasteiger charge is 2.24. The maximum Gasteiger partial charge on any atom is 0.157 e. The average molecular weight is 353 g/mol. The van der Waals surface area contributed by atoms with Gasteiger partial charge in [-0.15, -0.1) is 0 Å². The van der Waals surface area contributed by atoms with E-state index in [4.69, 9.17) is 10.7 Å². The molecule has 26 heavy (non-hydrogen) atoms. The number of likely N-dealkylation sites (tertiary alicyclic amines) is 1. The molecule has 138 valence electrons. The predicted octanol–water partition coefficient (Wildman–Crippen LogP) is 2.52. The first kappa shape index (κ1) is 17.0. The molecule has 0 bridgehead atoms. The zero-order valence-electron chi connectivity index (χ0n) is 15.8. The Morgan fingerprint density at radius 2 is 2.12 bits per heavy atom. The maximum absolute atomic E-state index is 6.21. The molecule has 7 heteroatoms. The average Bonchev–Trinajstić information content (AvgIpc) is 3.18. The van der Waals surface area contributed by atoms with Gasteiger partial charge in [-0.2, -0.15) is 14.7 Å². The molecule has 1 fully saturated rings. The van der Waals surface area contributed by atoms with Gasteiger partial charge in [0.2, 0.25) is 0 Å². The smallest absolute Gasteiger partial charge is 0.157 e. The second-order valence-electron chi connectivity index (χ2n) is 7.31. The van der Waals surface area contributed by atoms with Crippen molar-refractivity contribution in [1.82, 2.24) is 29.3 Å². The van der Waals surface area contributed by atoms with Crippen LogP contribution in [-0.2, 0) is 13.1 Å². The Labute approximate surface area is 153 Å². The number of anilines is 1. The standard InChI is InChI=1S/C19H27N7/c1-4-25-14(3)16(10-21-25)12-24-7-5-6-15(11-24)17-9-18(20)26-19(22-17)8-13(2)23-26/h8-10,15H,4-7,11-12,20H2,1-3H3/t15-/m1/s1. The Bertz CT molecular complexity index is 924. The summed E-state index contributed by atoms with van der Waals surface area (Å²) in [6.07, 6.45) is 4.34. The molecule has 1 aliphatic heterocycles. The Hall–Kier alpha value is -2.41. The topological polar surface area (TPSA) is 77.3 Å². The molecule has 0 saturated carbocycles. The zero-order chi connectivity index (χ0) is 18.3. The summed E-state index contributed by atoms with van der Waals surface area (Å²) in [7, 11) is 0. The molecular weight excluding hydrogens is 326 g/mol. The Kier molecular flexibility index (Phi) is 4.40. The molecule has 0 aliphatic carbocycles. The van der Waals surface area contributed by atoms with Gasteiger partial charge in [0, 0.05) is 48.9 Å². The van der Waals surface area contributed by atoms with Crippen molar-refractivity contribution < 1.29 is 0 Å². The number of hydrogen-bond acceptors (Lipinski definition) is 5. The summed E-state index contributed by atoms with van der Waals surface area (Å²) in [6, 6.07) is 3.98. The molecule has 0 spiro atoms. The molecule has 1 aliphatic rings. The summed E-state index contributed by atoms with van der Waals surface area (Å²) in [5.74, 6) is 1.07. The summed E-state index contributed by atoms with van der Waals surface area (Å²) < 4.78 is 3.79. The fourth-order valence-corrected chi connectivity index (χ4v) is 3.98. The number of piperidine rings is 1. The van der Waals surface area contributed by atoms with Gasteiger partial charge in [0.15, 0.2) is 5.65 Å². The molecule has 3 aromatic rings. The van der Waals surface area contributed by atoms with Gasteiger partial charge >= 0.3 is 0 Å². The van der Waals surface area contributed by atoms with E-state index in [2.05, 4.69) is 33.6 Å². The molecule has 0 amide bonds. The van der Waals surface area contributed by atoms with E-state index in [1.54, 1.807) is 4.52 Å². The van der Waals surface area contributed by atoms with Crippen molar-refractivity contribution >= 4 is 11.5 Å². The van der Waals surface area contributed by atoms with Crippen LogP contribution in [0.3, 0.4) is 0 Å². The van der Waals surface area contributed by atoms with Gasteiger partial charge in [0.1, 0.15) is 5.82 Å². The Balaban J connectivity index is 1.54. The first-order valence-electron chi connectivity index (χ1n) is 9.41. The van der Waals surface area contributed by atoms with Gasteiger partial charge in [-0.1, -0.05) is 0 Å². The van der Waals surface area contributed by atoms with Gasteiger partial charge in [0.05, 0.1) is 17.6 Å². The number of nitrogen functional groups attached to an aromatic ring is 1.